The van der Waals surface area contributed by atoms with Crippen molar-refractivity contribution >= 4 is 17.5 Å². The molecule has 1 saturated heterocycles. The molecule has 0 spiro atoms. The van der Waals surface area contributed by atoms with Gasteiger partial charge < -0.3 is 15.8 Å². The van der Waals surface area contributed by atoms with Crippen LogP contribution < -0.4 is 11.1 Å². The molecule has 3 atom stereocenters. The highest BCUT2D eigenvalue weighted by Crippen LogP contribution is 2.32. The van der Waals surface area contributed by atoms with E-state index in [1.807, 2.05) is 0 Å². The summed E-state index contributed by atoms with van der Waals surface area (Å²) in [5, 5.41) is 6.05. The van der Waals surface area contributed by atoms with Gasteiger partial charge in [0.2, 0.25) is 5.91 Å². The average Bonchev–Trinajstić information content (AvgIpc) is 3.25. The van der Waals surface area contributed by atoms with Gasteiger partial charge in [-0.15, -0.1) is 0 Å². The Morgan fingerprint density at radius 3 is 2.66 bits per heavy atom. The van der Waals surface area contributed by atoms with Gasteiger partial charge in [0.05, 0.1) is 24.1 Å². The number of rotatable bonds is 5. The van der Waals surface area contributed by atoms with E-state index in [9.17, 15) is 22.8 Å². The Hall–Kier alpha value is -2.69. The van der Waals surface area contributed by atoms with Gasteiger partial charge >= 0.3 is 12.1 Å². The number of esters is 1. The fourth-order valence-electron chi connectivity index (χ4n) is 4.43. The smallest absolute Gasteiger partial charge is 0.408 e. The highest BCUT2D eigenvalue weighted by atomic mass is 19.4. The first-order chi connectivity index (χ1) is 15.2. The van der Waals surface area contributed by atoms with E-state index < -0.39 is 36.4 Å². The molecule has 0 aromatic carbocycles. The quantitative estimate of drug-likeness (QED) is 0.409. The lowest BCUT2D eigenvalue weighted by molar-refractivity contribution is -0.156. The van der Waals surface area contributed by atoms with Crippen molar-refractivity contribution in [1.82, 2.24) is 19.9 Å². The van der Waals surface area contributed by atoms with Crippen molar-refractivity contribution in [3.8, 4) is 0 Å². The second-order valence-electron chi connectivity index (χ2n) is 8.61. The summed E-state index contributed by atoms with van der Waals surface area (Å²) in [5.74, 6) is -3.07. The molecular formula is C21H26F3N5O3. The predicted molar refractivity (Wildman–Crippen MR) is 107 cm³/mol. The maximum absolute atomic E-state index is 12.8. The number of nitrogens with zero attached hydrogens (tertiary/aromatic N) is 3. The Morgan fingerprint density at radius 2 is 2.00 bits per heavy atom. The Balaban J connectivity index is 1.39. The normalized spacial score (nSPS) is 23.7. The third kappa shape index (κ3) is 4.87. The molecule has 1 aliphatic heterocycles. The Morgan fingerprint density at radius 1 is 1.28 bits per heavy atom. The van der Waals surface area contributed by atoms with Gasteiger partial charge in [-0.3, -0.25) is 9.59 Å². The zero-order chi connectivity index (χ0) is 22.9. The number of nitrogens with one attached hydrogen (secondary N) is 1. The van der Waals surface area contributed by atoms with Crippen LogP contribution >= 0.6 is 0 Å². The molecule has 8 nitrogen and oxygen atoms in total. The van der Waals surface area contributed by atoms with Crippen molar-refractivity contribution < 1.29 is 27.5 Å². The van der Waals surface area contributed by atoms with Crippen molar-refractivity contribution in [2.75, 3.05) is 0 Å². The predicted octanol–water partition coefficient (Wildman–Crippen LogP) is 2.81. The topological polar surface area (TPSA) is 112 Å². The van der Waals surface area contributed by atoms with Crippen LogP contribution in [0.2, 0.25) is 0 Å². The number of nitrogens with two attached hydrogens (primary N) is 1. The lowest BCUT2D eigenvalue weighted by Crippen LogP contribution is -2.38. The lowest BCUT2D eigenvalue weighted by atomic mass is 9.91. The van der Waals surface area contributed by atoms with E-state index in [4.69, 9.17) is 10.5 Å². The van der Waals surface area contributed by atoms with Crippen molar-refractivity contribution in [3.05, 3.63) is 29.7 Å². The number of amides is 1. The molecule has 11 heteroatoms. The van der Waals surface area contributed by atoms with Crippen molar-refractivity contribution in [1.29, 1.82) is 0 Å². The molecule has 2 aliphatic rings. The van der Waals surface area contributed by atoms with Crippen LogP contribution in [0.1, 0.15) is 62.2 Å². The number of fused-ring (bicyclic) bond motifs is 1. The van der Waals surface area contributed by atoms with E-state index in [0.717, 1.165) is 18.5 Å². The van der Waals surface area contributed by atoms with Crippen molar-refractivity contribution in [3.63, 3.8) is 0 Å². The first-order valence-corrected chi connectivity index (χ1v) is 10.9. The molecule has 3 N–H and O–H groups in total. The Kier molecular flexibility index (Phi) is 6.36. The molecule has 1 aliphatic carbocycles. The summed E-state index contributed by atoms with van der Waals surface area (Å²) in [7, 11) is 0. The minimum atomic E-state index is -4.60. The number of ether oxygens (including phenoxy) is 1. The number of aromatic nitrogens is 3. The van der Waals surface area contributed by atoms with E-state index in [1.54, 1.807) is 22.1 Å². The maximum Gasteiger partial charge on any atom is 0.408 e. The fourth-order valence-corrected chi connectivity index (χ4v) is 4.43. The highest BCUT2D eigenvalue weighted by molar-refractivity contribution is 5.99. The van der Waals surface area contributed by atoms with Crippen LogP contribution in [0.4, 0.5) is 13.2 Å². The first kappa shape index (κ1) is 22.5. The Bertz CT molecular complexity index is 985. The first-order valence-electron chi connectivity index (χ1n) is 10.9. The van der Waals surface area contributed by atoms with Gasteiger partial charge in [-0.05, 0) is 31.2 Å². The van der Waals surface area contributed by atoms with Crippen LogP contribution in [0.15, 0.2) is 18.5 Å². The highest BCUT2D eigenvalue weighted by Gasteiger charge is 2.50. The molecular weight excluding hydrogens is 427 g/mol. The zero-order valence-electron chi connectivity index (χ0n) is 17.5. The minimum Gasteiger partial charge on any atom is -0.460 e. The summed E-state index contributed by atoms with van der Waals surface area (Å²) in [5.41, 5.74) is 8.27. The summed E-state index contributed by atoms with van der Waals surface area (Å²) >= 11 is 0. The largest absolute Gasteiger partial charge is 0.460 e. The van der Waals surface area contributed by atoms with Crippen LogP contribution in [0.3, 0.4) is 0 Å². The van der Waals surface area contributed by atoms with Crippen LogP contribution in [0, 0.1) is 11.8 Å². The number of hydrogen-bond donors (Lipinski definition) is 2. The summed E-state index contributed by atoms with van der Waals surface area (Å²) in [6.45, 7) is -0.223. The Labute approximate surface area is 182 Å². The average molecular weight is 453 g/mol. The monoisotopic (exact) mass is 453 g/mol. The van der Waals surface area contributed by atoms with Crippen molar-refractivity contribution in [2.45, 2.75) is 69.8 Å². The summed E-state index contributed by atoms with van der Waals surface area (Å²) in [4.78, 5) is 28.5. The number of halogens is 3. The molecule has 32 heavy (non-hydrogen) atoms. The molecule has 1 saturated carbocycles. The van der Waals surface area contributed by atoms with Gasteiger partial charge in [0, 0.05) is 5.56 Å². The van der Waals surface area contributed by atoms with Gasteiger partial charge in [0.25, 0.3) is 0 Å². The SMILES string of the molecule is N[C@H](c1cn2ncc(COC(=O)C3C[C@@H](C(F)(F)F)NC3=O)cc2n1)C1CCCCCC1. The van der Waals surface area contributed by atoms with E-state index in [1.165, 1.54) is 31.9 Å². The summed E-state index contributed by atoms with van der Waals surface area (Å²) in [6, 6.07) is -0.540. The molecule has 2 aromatic rings. The van der Waals surface area contributed by atoms with E-state index in [-0.39, 0.29) is 12.6 Å². The van der Waals surface area contributed by atoms with Gasteiger partial charge in [-0.1, -0.05) is 25.7 Å². The third-order valence-corrected chi connectivity index (χ3v) is 6.31. The standard InChI is InChI=1S/C21H26F3N5O3/c22-21(23,24)16-8-14(19(30)28-16)20(31)32-11-12-7-17-27-15(10-29(17)26-9-12)18(25)13-5-3-1-2-4-6-13/h7,9-10,13-14,16,18H,1-6,8,11,25H2,(H,28,30)/t14?,16-,18-/m0/s1. The van der Waals surface area contributed by atoms with E-state index in [2.05, 4.69) is 10.1 Å². The van der Waals surface area contributed by atoms with Crippen LogP contribution in [0.5, 0.6) is 0 Å². The van der Waals surface area contributed by atoms with E-state index in [0.29, 0.717) is 17.1 Å². The number of carbonyl (C=O) groups excluding carboxylic acids is 2. The number of carbonyl (C=O) groups is 2. The second kappa shape index (κ2) is 9.05. The van der Waals surface area contributed by atoms with Crippen LogP contribution in [-0.4, -0.2) is 38.7 Å². The number of imidazole rings is 1. The second-order valence-corrected chi connectivity index (χ2v) is 8.61. The molecule has 1 amide bonds. The maximum atomic E-state index is 12.8. The van der Waals surface area contributed by atoms with Crippen LogP contribution in [0.25, 0.3) is 5.65 Å². The van der Waals surface area contributed by atoms with Gasteiger partial charge in [-0.25, -0.2) is 9.50 Å². The molecule has 2 fully saturated rings. The summed E-state index contributed by atoms with van der Waals surface area (Å²) < 4.78 is 45.0. The van der Waals surface area contributed by atoms with E-state index >= 15 is 0 Å². The number of alkyl halides is 3. The fraction of sp³-hybridized carbons (Fsp3) is 0.619. The number of hydrogen-bond acceptors (Lipinski definition) is 6. The molecule has 3 heterocycles. The van der Waals surface area contributed by atoms with Crippen molar-refractivity contribution in [2.24, 2.45) is 17.6 Å². The molecule has 2 aromatic heterocycles. The van der Waals surface area contributed by atoms with Gasteiger partial charge in [0.1, 0.15) is 18.6 Å². The zero-order valence-corrected chi connectivity index (χ0v) is 17.5. The van der Waals surface area contributed by atoms with Gasteiger partial charge in [-0.2, -0.15) is 18.3 Å². The minimum absolute atomic E-state index is 0.182. The molecule has 1 unspecified atom stereocenters. The summed E-state index contributed by atoms with van der Waals surface area (Å²) in [6.07, 6.45) is 4.97. The molecule has 4 rings (SSSR count). The molecule has 174 valence electrons. The van der Waals surface area contributed by atoms with Gasteiger partial charge in [0.15, 0.2) is 5.65 Å². The van der Waals surface area contributed by atoms with Crippen LogP contribution in [-0.2, 0) is 20.9 Å². The third-order valence-electron chi connectivity index (χ3n) is 6.31. The lowest BCUT2D eigenvalue weighted by Gasteiger charge is -2.20. The molecule has 0 radical (unpaired) electrons. The molecule has 0 bridgehead atoms.